The first-order chi connectivity index (χ1) is 9.01. The normalized spacial score (nSPS) is 10.1. The van der Waals surface area contributed by atoms with Crippen molar-refractivity contribution < 1.29 is 0 Å². The van der Waals surface area contributed by atoms with E-state index in [2.05, 4.69) is 10.3 Å². The van der Waals surface area contributed by atoms with Gasteiger partial charge in [-0.05, 0) is 24.3 Å². The number of aromatic nitrogens is 1. The summed E-state index contributed by atoms with van der Waals surface area (Å²) in [6.07, 6.45) is 0. The number of rotatable bonds is 2. The number of nitrogens with zero attached hydrogens (tertiary/aromatic N) is 2. The highest BCUT2D eigenvalue weighted by Gasteiger charge is 2.10. The zero-order valence-corrected chi connectivity index (χ0v) is 12.2. The van der Waals surface area contributed by atoms with Crippen molar-refractivity contribution in [2.45, 2.75) is 0 Å². The zero-order valence-electron chi connectivity index (χ0n) is 9.22. The molecule has 0 fully saturated rings. The number of hydrogen-bond donors (Lipinski definition) is 1. The molecule has 0 bridgehead atoms. The van der Waals surface area contributed by atoms with Gasteiger partial charge in [-0.3, -0.25) is 0 Å². The molecule has 96 valence electrons. The molecule has 1 aromatic carbocycles. The zero-order chi connectivity index (χ0) is 14.0. The predicted octanol–water partition coefficient (Wildman–Crippen LogP) is 5.31. The Morgan fingerprint density at radius 3 is 2.47 bits per heavy atom. The monoisotopic (exact) mass is 331 g/mol. The molecule has 0 unspecified atom stereocenters. The van der Waals surface area contributed by atoms with Gasteiger partial charge >= 0.3 is 0 Å². The highest BCUT2D eigenvalue weighted by molar-refractivity contribution is 6.43. The Balaban J connectivity index is 2.45. The highest BCUT2D eigenvalue weighted by atomic mass is 35.5. The van der Waals surface area contributed by atoms with Gasteiger partial charge in [-0.25, -0.2) is 4.98 Å². The standard InChI is InChI=1S/C12H5Cl4N3/c13-7-2-1-6(5-17)10(3-7)18-12-9(15)4-8(14)11(16)19-12/h1-4H,(H,18,19). The third-order valence-electron chi connectivity index (χ3n) is 2.24. The van der Waals surface area contributed by atoms with Crippen LogP contribution in [-0.2, 0) is 0 Å². The maximum Gasteiger partial charge on any atom is 0.151 e. The molecule has 1 heterocycles. The lowest BCUT2D eigenvalue weighted by molar-refractivity contribution is 1.30. The molecule has 1 aromatic heterocycles. The van der Waals surface area contributed by atoms with Crippen LogP contribution in [0.2, 0.25) is 20.2 Å². The largest absolute Gasteiger partial charge is 0.338 e. The molecule has 0 atom stereocenters. The molecule has 0 aliphatic heterocycles. The summed E-state index contributed by atoms with van der Waals surface area (Å²) in [5.74, 6) is 0.301. The summed E-state index contributed by atoms with van der Waals surface area (Å²) in [6.45, 7) is 0. The maximum atomic E-state index is 9.02. The Hall–Kier alpha value is -1.18. The van der Waals surface area contributed by atoms with Crippen LogP contribution in [0, 0.1) is 11.3 Å². The summed E-state index contributed by atoms with van der Waals surface area (Å²) in [6, 6.07) is 8.32. The van der Waals surface area contributed by atoms with E-state index in [1.807, 2.05) is 6.07 Å². The first-order valence-electron chi connectivity index (χ1n) is 4.99. The highest BCUT2D eigenvalue weighted by Crippen LogP contribution is 2.32. The lowest BCUT2D eigenvalue weighted by Crippen LogP contribution is -1.97. The summed E-state index contributed by atoms with van der Waals surface area (Å²) >= 11 is 23.5. The van der Waals surface area contributed by atoms with Crippen LogP contribution in [0.3, 0.4) is 0 Å². The Morgan fingerprint density at radius 2 is 1.79 bits per heavy atom. The van der Waals surface area contributed by atoms with Crippen molar-refractivity contribution in [3.63, 3.8) is 0 Å². The Bertz CT molecular complexity index is 679. The molecule has 0 amide bonds. The summed E-state index contributed by atoms with van der Waals surface area (Å²) in [4.78, 5) is 4.01. The van der Waals surface area contributed by atoms with E-state index in [0.717, 1.165) is 0 Å². The average Bonchev–Trinajstić information content (AvgIpc) is 2.36. The molecular weight excluding hydrogens is 328 g/mol. The molecule has 0 spiro atoms. The Kier molecular flexibility index (Phi) is 4.38. The van der Waals surface area contributed by atoms with Crippen molar-refractivity contribution >= 4 is 57.9 Å². The lowest BCUT2D eigenvalue weighted by atomic mass is 10.2. The number of hydrogen-bond acceptors (Lipinski definition) is 3. The minimum atomic E-state index is 0.120. The average molecular weight is 333 g/mol. The van der Waals surface area contributed by atoms with Crippen molar-refractivity contribution in [3.8, 4) is 6.07 Å². The molecular formula is C12H5Cl4N3. The summed E-state index contributed by atoms with van der Waals surface area (Å²) in [7, 11) is 0. The minimum absolute atomic E-state index is 0.120. The maximum absolute atomic E-state index is 9.02. The van der Waals surface area contributed by atoms with E-state index >= 15 is 0 Å². The Labute approximate surface area is 129 Å². The number of benzene rings is 1. The molecule has 19 heavy (non-hydrogen) atoms. The fourth-order valence-electron chi connectivity index (χ4n) is 1.38. The second-order valence-corrected chi connectivity index (χ2v) is 5.13. The first kappa shape index (κ1) is 14.2. The molecule has 0 aliphatic carbocycles. The molecule has 3 nitrogen and oxygen atoms in total. The van der Waals surface area contributed by atoms with Crippen molar-refractivity contribution in [1.29, 1.82) is 5.26 Å². The summed E-state index contributed by atoms with van der Waals surface area (Å²) in [5, 5.41) is 13.1. The quantitative estimate of drug-likeness (QED) is 0.758. The lowest BCUT2D eigenvalue weighted by Gasteiger charge is -2.10. The molecule has 0 aliphatic rings. The fourth-order valence-corrected chi connectivity index (χ4v) is 2.09. The molecule has 0 radical (unpaired) electrons. The van der Waals surface area contributed by atoms with Gasteiger partial charge in [0, 0.05) is 5.02 Å². The summed E-state index contributed by atoms with van der Waals surface area (Å²) < 4.78 is 0. The van der Waals surface area contributed by atoms with Gasteiger partial charge in [-0.1, -0.05) is 46.4 Å². The molecule has 0 saturated carbocycles. The van der Waals surface area contributed by atoms with E-state index in [0.29, 0.717) is 27.1 Å². The van der Waals surface area contributed by atoms with Crippen LogP contribution in [0.4, 0.5) is 11.5 Å². The van der Waals surface area contributed by atoms with E-state index in [1.165, 1.54) is 6.07 Å². The molecule has 7 heteroatoms. The van der Waals surface area contributed by atoms with Crippen molar-refractivity contribution in [1.82, 2.24) is 4.98 Å². The van der Waals surface area contributed by atoms with Crippen LogP contribution in [0.15, 0.2) is 24.3 Å². The van der Waals surface area contributed by atoms with Crippen molar-refractivity contribution in [2.75, 3.05) is 5.32 Å². The van der Waals surface area contributed by atoms with Gasteiger partial charge in [0.15, 0.2) is 5.82 Å². The van der Waals surface area contributed by atoms with Gasteiger partial charge in [-0.15, -0.1) is 0 Å². The van der Waals surface area contributed by atoms with Crippen LogP contribution in [0.1, 0.15) is 5.56 Å². The van der Waals surface area contributed by atoms with Gasteiger partial charge in [-0.2, -0.15) is 5.26 Å². The second kappa shape index (κ2) is 5.85. The van der Waals surface area contributed by atoms with E-state index < -0.39 is 0 Å². The number of halogens is 4. The minimum Gasteiger partial charge on any atom is -0.338 e. The number of nitrogens with one attached hydrogen (secondary N) is 1. The van der Waals surface area contributed by atoms with Crippen LogP contribution in [0.25, 0.3) is 0 Å². The van der Waals surface area contributed by atoms with E-state index in [4.69, 9.17) is 51.7 Å². The third kappa shape index (κ3) is 3.23. The predicted molar refractivity (Wildman–Crippen MR) is 78.7 cm³/mol. The molecule has 2 aromatic rings. The SMILES string of the molecule is N#Cc1ccc(Cl)cc1Nc1nc(Cl)c(Cl)cc1Cl. The van der Waals surface area contributed by atoms with Crippen molar-refractivity contribution in [3.05, 3.63) is 50.0 Å². The van der Waals surface area contributed by atoms with Crippen LogP contribution < -0.4 is 5.32 Å². The van der Waals surface area contributed by atoms with Gasteiger partial charge in [0.05, 0.1) is 21.3 Å². The van der Waals surface area contributed by atoms with Crippen molar-refractivity contribution in [2.24, 2.45) is 0 Å². The third-order valence-corrected chi connectivity index (χ3v) is 3.44. The number of pyridine rings is 1. The van der Waals surface area contributed by atoms with Crippen LogP contribution >= 0.6 is 46.4 Å². The van der Waals surface area contributed by atoms with Gasteiger partial charge in [0.2, 0.25) is 0 Å². The van der Waals surface area contributed by atoms with Crippen LogP contribution in [0.5, 0.6) is 0 Å². The van der Waals surface area contributed by atoms with E-state index in [9.17, 15) is 0 Å². The van der Waals surface area contributed by atoms with Gasteiger partial charge in [0.1, 0.15) is 11.2 Å². The topological polar surface area (TPSA) is 48.7 Å². The number of anilines is 2. The molecule has 1 N–H and O–H groups in total. The van der Waals surface area contributed by atoms with Gasteiger partial charge < -0.3 is 5.32 Å². The summed E-state index contributed by atoms with van der Waals surface area (Å²) in [5.41, 5.74) is 0.899. The molecule has 2 rings (SSSR count). The van der Waals surface area contributed by atoms with Crippen LogP contribution in [-0.4, -0.2) is 4.98 Å². The smallest absolute Gasteiger partial charge is 0.151 e. The first-order valence-corrected chi connectivity index (χ1v) is 6.50. The second-order valence-electron chi connectivity index (χ2n) is 3.52. The van der Waals surface area contributed by atoms with E-state index in [1.54, 1.807) is 18.2 Å². The number of nitriles is 1. The van der Waals surface area contributed by atoms with E-state index in [-0.39, 0.29) is 10.2 Å². The Morgan fingerprint density at radius 1 is 1.05 bits per heavy atom. The van der Waals surface area contributed by atoms with Gasteiger partial charge in [0.25, 0.3) is 0 Å². The molecule has 0 saturated heterocycles. The fraction of sp³-hybridized carbons (Fsp3) is 0.